The lowest BCUT2D eigenvalue weighted by atomic mass is 9.97. The van der Waals surface area contributed by atoms with Crippen molar-refractivity contribution in [1.82, 2.24) is 25.1 Å². The summed E-state index contributed by atoms with van der Waals surface area (Å²) in [4.78, 5) is 36.8. The van der Waals surface area contributed by atoms with Crippen LogP contribution in [0.1, 0.15) is 75.7 Å². The zero-order valence-corrected chi connectivity index (χ0v) is 23.1. The Morgan fingerprint density at radius 1 is 1.20 bits per heavy atom. The summed E-state index contributed by atoms with van der Waals surface area (Å²) < 4.78 is 58.4. The maximum Gasteiger partial charge on any atom is 0.338 e. The zero-order valence-electron chi connectivity index (χ0n) is 21.5. The van der Waals surface area contributed by atoms with E-state index in [-0.39, 0.29) is 5.92 Å². The molecule has 2 aliphatic rings. The predicted octanol–water partition coefficient (Wildman–Crippen LogP) is 5.68. The maximum absolute atomic E-state index is 13.3. The van der Waals surface area contributed by atoms with Gasteiger partial charge in [0.05, 0.1) is 23.4 Å². The Hall–Kier alpha value is -3.49. The van der Waals surface area contributed by atoms with Crippen molar-refractivity contribution in [2.75, 3.05) is 20.2 Å². The summed E-state index contributed by atoms with van der Waals surface area (Å²) >= 11 is 7.84. The van der Waals surface area contributed by atoms with Crippen LogP contribution in [-0.2, 0) is 20.9 Å². The van der Waals surface area contributed by atoms with Crippen molar-refractivity contribution in [3.8, 4) is 0 Å². The molecular weight excluding hydrogens is 590 g/mol. The third-order valence-corrected chi connectivity index (χ3v) is 8.32. The second-order valence-corrected chi connectivity index (χ2v) is 11.0. The Kier molecular flexibility index (Phi) is 8.61. The molecule has 0 spiro atoms. The second-order valence-electron chi connectivity index (χ2n) is 9.38. The average molecular weight is 614 g/mol. The number of methoxy groups -OCH3 is 1. The number of aromatic nitrogens is 3. The van der Waals surface area contributed by atoms with Gasteiger partial charge in [-0.15, -0.1) is 11.3 Å². The van der Waals surface area contributed by atoms with Crippen LogP contribution in [-0.4, -0.2) is 51.7 Å². The number of carbonyl (C=O) groups is 2. The molecule has 1 N–H and O–H groups in total. The first kappa shape index (κ1) is 29.0. The number of benzene rings is 1. The maximum atomic E-state index is 13.3. The number of esters is 1. The number of rotatable bonds is 8. The summed E-state index contributed by atoms with van der Waals surface area (Å²) in [6, 6.07) is 7.55. The molecule has 41 heavy (non-hydrogen) atoms. The number of hydrogen-bond donors (Lipinski definition) is 1. The number of ether oxygens (including phenoxy) is 1. The van der Waals surface area contributed by atoms with Crippen molar-refractivity contribution in [3.63, 3.8) is 0 Å². The summed E-state index contributed by atoms with van der Waals surface area (Å²) in [6.07, 6.45) is -3.75. The van der Waals surface area contributed by atoms with Gasteiger partial charge in [0, 0.05) is 24.6 Å². The number of hydrogen-bond acceptors (Lipinski definition) is 8. The van der Waals surface area contributed by atoms with Gasteiger partial charge in [-0.25, -0.2) is 27.3 Å². The van der Waals surface area contributed by atoms with Gasteiger partial charge in [-0.1, -0.05) is 29.8 Å². The molecule has 5 rings (SSSR count). The highest BCUT2D eigenvalue weighted by Crippen LogP contribution is 2.39. The van der Waals surface area contributed by atoms with Gasteiger partial charge in [0.1, 0.15) is 34.1 Å². The molecule has 15 heteroatoms. The Labute approximate surface area is 240 Å². The zero-order chi connectivity index (χ0) is 29.3. The first-order valence-electron chi connectivity index (χ1n) is 12.5. The molecule has 1 atom stereocenters. The molecule has 2 aromatic heterocycles. The molecule has 3 aromatic rings. The number of nitrogens with one attached hydrogen (secondary N) is 1. The van der Waals surface area contributed by atoms with Gasteiger partial charge in [0.25, 0.3) is 12.9 Å². The highest BCUT2D eigenvalue weighted by Gasteiger charge is 2.31. The van der Waals surface area contributed by atoms with Gasteiger partial charge in [0.2, 0.25) is 5.91 Å². The molecule has 218 valence electrons. The van der Waals surface area contributed by atoms with Crippen molar-refractivity contribution in [2.24, 2.45) is 0 Å². The smallest absolute Gasteiger partial charge is 0.338 e. The van der Waals surface area contributed by atoms with E-state index >= 15 is 0 Å². The van der Waals surface area contributed by atoms with Crippen LogP contribution < -0.4 is 5.48 Å². The van der Waals surface area contributed by atoms with E-state index in [1.807, 2.05) is 0 Å². The minimum absolute atomic E-state index is 0.000772. The SMILES string of the molecule is COC(=O)c1ccccc1C1C=C(c2nc(C3CCN(C(=O)Cn4nc(C(F)F)cc4C(F)F)CC3)sc2Cl)NO1. The van der Waals surface area contributed by atoms with E-state index in [0.29, 0.717) is 63.5 Å². The lowest BCUT2D eigenvalue weighted by Crippen LogP contribution is -2.40. The van der Waals surface area contributed by atoms with Crippen molar-refractivity contribution in [3.05, 3.63) is 74.0 Å². The molecule has 1 amide bonds. The van der Waals surface area contributed by atoms with Crippen LogP contribution in [0.25, 0.3) is 5.70 Å². The number of nitrogens with zero attached hydrogens (tertiary/aromatic N) is 4. The Morgan fingerprint density at radius 2 is 1.93 bits per heavy atom. The third-order valence-electron chi connectivity index (χ3n) is 6.90. The van der Waals surface area contributed by atoms with E-state index in [1.54, 1.807) is 30.3 Å². The van der Waals surface area contributed by atoms with Crippen LogP contribution in [0.5, 0.6) is 0 Å². The molecule has 0 saturated carbocycles. The minimum atomic E-state index is -3.04. The lowest BCUT2D eigenvalue weighted by Gasteiger charge is -2.31. The largest absolute Gasteiger partial charge is 0.465 e. The van der Waals surface area contributed by atoms with Gasteiger partial charge in [-0.05, 0) is 31.1 Å². The van der Waals surface area contributed by atoms with Crippen molar-refractivity contribution < 1.29 is 36.7 Å². The minimum Gasteiger partial charge on any atom is -0.465 e. The number of piperidine rings is 1. The van der Waals surface area contributed by atoms with Crippen molar-refractivity contribution >= 4 is 40.5 Å². The molecule has 0 aliphatic carbocycles. The third kappa shape index (κ3) is 6.09. The molecule has 1 fully saturated rings. The average Bonchev–Trinajstić information content (AvgIpc) is 3.71. The van der Waals surface area contributed by atoms with E-state index in [4.69, 9.17) is 26.2 Å². The van der Waals surface area contributed by atoms with Crippen LogP contribution in [0, 0.1) is 0 Å². The van der Waals surface area contributed by atoms with Crippen LogP contribution in [0.2, 0.25) is 4.34 Å². The summed E-state index contributed by atoms with van der Waals surface area (Å²) in [6.45, 7) is 0.114. The second kappa shape index (κ2) is 12.2. The molecular formula is C26H24ClF4N5O4S. The molecule has 4 heterocycles. The molecule has 2 aliphatic heterocycles. The number of amides is 1. The van der Waals surface area contributed by atoms with Gasteiger partial charge in [0.15, 0.2) is 0 Å². The highest BCUT2D eigenvalue weighted by atomic mass is 35.5. The van der Waals surface area contributed by atoms with Gasteiger partial charge < -0.3 is 9.64 Å². The van der Waals surface area contributed by atoms with Crippen LogP contribution in [0.3, 0.4) is 0 Å². The summed E-state index contributed by atoms with van der Waals surface area (Å²) in [7, 11) is 1.30. The number of hydroxylamine groups is 1. The lowest BCUT2D eigenvalue weighted by molar-refractivity contribution is -0.133. The van der Waals surface area contributed by atoms with Crippen molar-refractivity contribution in [2.45, 2.75) is 44.3 Å². The van der Waals surface area contributed by atoms with E-state index < -0.39 is 48.8 Å². The summed E-state index contributed by atoms with van der Waals surface area (Å²) in [5, 5.41) is 4.26. The molecule has 0 radical (unpaired) electrons. The Morgan fingerprint density at radius 3 is 2.61 bits per heavy atom. The normalized spacial score (nSPS) is 17.7. The standard InChI is InChI=1S/C26H24ClF4N5O4S/c1-39-26(38)15-5-3-2-4-14(15)19-11-16(34-40-19)21-22(27)41-25(32-21)13-6-8-35(9-7-13)20(37)12-36-18(24(30)31)10-17(33-36)23(28)29/h2-5,10-11,13,19,23-24,34H,6-9,12H2,1H3. The fourth-order valence-electron chi connectivity index (χ4n) is 4.79. The monoisotopic (exact) mass is 613 g/mol. The van der Waals surface area contributed by atoms with E-state index in [0.717, 1.165) is 5.01 Å². The fraction of sp³-hybridized carbons (Fsp3) is 0.385. The predicted molar refractivity (Wildman–Crippen MR) is 141 cm³/mol. The number of halogens is 5. The van der Waals surface area contributed by atoms with E-state index in [9.17, 15) is 27.2 Å². The summed E-state index contributed by atoms with van der Waals surface area (Å²) in [5.41, 5.74) is 3.36. The Bertz CT molecular complexity index is 1470. The number of carbonyl (C=O) groups excluding carboxylic acids is 2. The Balaban J connectivity index is 1.23. The van der Waals surface area contributed by atoms with Crippen LogP contribution >= 0.6 is 22.9 Å². The van der Waals surface area contributed by atoms with Gasteiger partial charge in [-0.3, -0.25) is 19.8 Å². The number of thiazole rings is 1. The molecule has 1 aromatic carbocycles. The topological polar surface area (TPSA) is 98.6 Å². The van der Waals surface area contributed by atoms with E-state index in [2.05, 4.69) is 10.6 Å². The van der Waals surface area contributed by atoms with Crippen molar-refractivity contribution in [1.29, 1.82) is 0 Å². The number of alkyl halides is 4. The fourth-order valence-corrected chi connectivity index (χ4v) is 6.15. The van der Waals surface area contributed by atoms with Crippen LogP contribution in [0.4, 0.5) is 17.6 Å². The first-order chi connectivity index (χ1) is 19.7. The van der Waals surface area contributed by atoms with Crippen LogP contribution in [0.15, 0.2) is 36.4 Å². The number of likely N-dealkylation sites (tertiary alicyclic amines) is 1. The van der Waals surface area contributed by atoms with Gasteiger partial charge in [-0.2, -0.15) is 5.10 Å². The van der Waals surface area contributed by atoms with Gasteiger partial charge >= 0.3 is 5.97 Å². The molecule has 1 unspecified atom stereocenters. The van der Waals surface area contributed by atoms with E-state index in [1.165, 1.54) is 23.3 Å². The first-order valence-corrected chi connectivity index (χ1v) is 13.7. The summed E-state index contributed by atoms with van der Waals surface area (Å²) in [5.74, 6) is -0.967. The highest BCUT2D eigenvalue weighted by molar-refractivity contribution is 7.16. The molecule has 9 nitrogen and oxygen atoms in total. The quantitative estimate of drug-likeness (QED) is 0.258. The molecule has 1 saturated heterocycles. The molecule has 0 bridgehead atoms.